The Kier molecular flexibility index (Phi) is 5.60. The first kappa shape index (κ1) is 23.7. The number of pyridine rings is 1. The average molecular weight is 545 g/mol. The van der Waals surface area contributed by atoms with Gasteiger partial charge in [0.1, 0.15) is 23.2 Å². The molecule has 1 aliphatic rings. The summed E-state index contributed by atoms with van der Waals surface area (Å²) < 4.78 is 49.9. The third-order valence-corrected chi connectivity index (χ3v) is 7.86. The molecule has 0 spiro atoms. The highest BCUT2D eigenvalue weighted by Crippen LogP contribution is 2.45. The number of alkyl halides is 3. The van der Waals surface area contributed by atoms with Gasteiger partial charge in [0.15, 0.2) is 5.82 Å². The Labute approximate surface area is 218 Å². The first-order chi connectivity index (χ1) is 17.8. The summed E-state index contributed by atoms with van der Waals surface area (Å²) in [5.74, 6) is -2.56. The lowest BCUT2D eigenvalue weighted by Crippen LogP contribution is -2.30. The molecule has 0 aliphatic carbocycles. The topological polar surface area (TPSA) is 78.4 Å². The molecule has 13 heteroatoms. The Morgan fingerprint density at radius 1 is 1.24 bits per heavy atom. The van der Waals surface area contributed by atoms with Crippen molar-refractivity contribution in [2.24, 2.45) is 7.05 Å². The Hall–Kier alpha value is -3.64. The van der Waals surface area contributed by atoms with E-state index in [-0.39, 0.29) is 22.3 Å². The van der Waals surface area contributed by atoms with Gasteiger partial charge in [0.2, 0.25) is 5.82 Å². The summed E-state index contributed by atoms with van der Waals surface area (Å²) in [4.78, 5) is 4.11. The van der Waals surface area contributed by atoms with Crippen LogP contribution in [0.2, 0.25) is 5.02 Å². The van der Waals surface area contributed by atoms with Crippen LogP contribution in [0, 0.1) is 6.92 Å². The van der Waals surface area contributed by atoms with Gasteiger partial charge >= 0.3 is 5.92 Å². The van der Waals surface area contributed by atoms with Gasteiger partial charge in [0.25, 0.3) is 0 Å². The van der Waals surface area contributed by atoms with E-state index in [1.807, 2.05) is 42.9 Å². The molecule has 190 valence electrons. The van der Waals surface area contributed by atoms with Crippen molar-refractivity contribution in [1.82, 2.24) is 34.1 Å². The quantitative estimate of drug-likeness (QED) is 0.285. The fraction of sp³-hybridized carbons (Fsp3) is 0.250. The highest BCUT2D eigenvalue weighted by Gasteiger charge is 2.46. The van der Waals surface area contributed by atoms with Crippen molar-refractivity contribution in [3.8, 4) is 22.6 Å². The van der Waals surface area contributed by atoms with E-state index >= 15 is 8.78 Å². The number of aryl methyl sites for hydroxylation is 2. The molecule has 1 N–H and O–H groups in total. The van der Waals surface area contributed by atoms with Crippen LogP contribution in [0.5, 0.6) is 0 Å². The minimum absolute atomic E-state index is 0.0608. The number of fused-ring (bicyclic) bond motifs is 3. The van der Waals surface area contributed by atoms with Gasteiger partial charge in [-0.3, -0.25) is 9.25 Å². The van der Waals surface area contributed by atoms with Crippen LogP contribution in [-0.4, -0.2) is 40.8 Å². The van der Waals surface area contributed by atoms with Gasteiger partial charge in [-0.15, -0.1) is 21.5 Å². The summed E-state index contributed by atoms with van der Waals surface area (Å²) in [6, 6.07) is 6.10. The number of anilines is 2. The molecule has 5 aromatic heterocycles. The van der Waals surface area contributed by atoms with Crippen LogP contribution < -0.4 is 5.32 Å². The summed E-state index contributed by atoms with van der Waals surface area (Å²) in [5.41, 5.74) is 3.21. The van der Waals surface area contributed by atoms with E-state index in [2.05, 4.69) is 25.6 Å². The third kappa shape index (κ3) is 3.82. The van der Waals surface area contributed by atoms with Crippen molar-refractivity contribution in [3.63, 3.8) is 0 Å². The number of thiophene rings is 1. The molecule has 0 aromatic carbocycles. The van der Waals surface area contributed by atoms with Crippen molar-refractivity contribution < 1.29 is 13.2 Å². The number of hydrogen-bond donors (Lipinski definition) is 1. The first-order valence-corrected chi connectivity index (χ1v) is 12.6. The van der Waals surface area contributed by atoms with Crippen LogP contribution in [0.15, 0.2) is 48.2 Å². The lowest BCUT2D eigenvalue weighted by atomic mass is 10.1. The second kappa shape index (κ2) is 8.73. The molecule has 0 unspecified atom stereocenters. The van der Waals surface area contributed by atoms with E-state index in [1.54, 1.807) is 17.1 Å². The summed E-state index contributed by atoms with van der Waals surface area (Å²) in [6.45, 7) is 1.23. The number of nitrogens with one attached hydrogen (secondary N) is 1. The molecule has 37 heavy (non-hydrogen) atoms. The van der Waals surface area contributed by atoms with Gasteiger partial charge in [-0.1, -0.05) is 11.6 Å². The SMILES string of the molecule is Cc1cnc(Nc2ccnn2C)cc1-c1cc2n(c1)C[C@H](CF)n1c-2nnc1C(F)(F)c1sccc1Cl. The molecule has 0 saturated carbocycles. The van der Waals surface area contributed by atoms with Crippen LogP contribution >= 0.6 is 22.9 Å². The number of rotatable bonds is 6. The van der Waals surface area contributed by atoms with Gasteiger partial charge in [0, 0.05) is 37.6 Å². The second-order valence-electron chi connectivity index (χ2n) is 8.81. The van der Waals surface area contributed by atoms with Crippen molar-refractivity contribution >= 4 is 34.6 Å². The van der Waals surface area contributed by atoms with E-state index < -0.39 is 24.5 Å². The van der Waals surface area contributed by atoms with Gasteiger partial charge < -0.3 is 9.88 Å². The lowest BCUT2D eigenvalue weighted by molar-refractivity contribution is 0.0297. The third-order valence-electron chi connectivity index (χ3n) is 6.45. The molecule has 6 heterocycles. The van der Waals surface area contributed by atoms with E-state index in [9.17, 15) is 4.39 Å². The zero-order valence-corrected chi connectivity index (χ0v) is 21.2. The number of nitrogens with zero attached hydrogens (tertiary/aromatic N) is 7. The van der Waals surface area contributed by atoms with Crippen molar-refractivity contribution in [3.05, 3.63) is 69.5 Å². The molecule has 0 bridgehead atoms. The van der Waals surface area contributed by atoms with Crippen molar-refractivity contribution in [1.29, 1.82) is 0 Å². The van der Waals surface area contributed by atoms with Gasteiger partial charge in [-0.2, -0.15) is 13.9 Å². The normalized spacial score (nSPS) is 15.0. The van der Waals surface area contributed by atoms with Crippen LogP contribution in [0.4, 0.5) is 24.8 Å². The zero-order chi connectivity index (χ0) is 25.9. The number of halogens is 4. The number of hydrogen-bond acceptors (Lipinski definition) is 6. The average Bonchev–Trinajstić information content (AvgIpc) is 3.66. The summed E-state index contributed by atoms with van der Waals surface area (Å²) in [7, 11) is 1.82. The molecule has 1 atom stereocenters. The van der Waals surface area contributed by atoms with Crippen molar-refractivity contribution in [2.75, 3.05) is 12.0 Å². The lowest BCUT2D eigenvalue weighted by Gasteiger charge is -2.27. The molecular weight excluding hydrogens is 525 g/mol. The molecule has 0 amide bonds. The van der Waals surface area contributed by atoms with E-state index in [0.29, 0.717) is 11.5 Å². The predicted molar refractivity (Wildman–Crippen MR) is 135 cm³/mol. The molecular formula is C24H20ClF3N8S. The standard InChI is InChI=1S/C24H20ClF3N8S/c1-13-10-29-19(31-20-3-5-30-34(20)2)8-16(13)14-7-18-22-32-33-23(24(27,28)21-17(25)4-6-37-21)36(22)15(9-26)12-35(18)11-14/h3-8,10-11,15H,9,12H2,1-2H3,(H,29,31)/t15-/m0/s1. The zero-order valence-electron chi connectivity index (χ0n) is 19.7. The maximum atomic E-state index is 15.5. The fourth-order valence-corrected chi connectivity index (χ4v) is 5.75. The Morgan fingerprint density at radius 2 is 2.08 bits per heavy atom. The fourth-order valence-electron chi connectivity index (χ4n) is 4.60. The molecule has 0 fully saturated rings. The molecule has 6 rings (SSSR count). The van der Waals surface area contributed by atoms with Crippen molar-refractivity contribution in [2.45, 2.75) is 25.4 Å². The molecule has 1 aliphatic heterocycles. The van der Waals surface area contributed by atoms with Crippen LogP contribution in [0.3, 0.4) is 0 Å². The van der Waals surface area contributed by atoms with Gasteiger partial charge in [0.05, 0.1) is 23.0 Å². The van der Waals surface area contributed by atoms with Crippen LogP contribution in [-0.2, 0) is 19.5 Å². The minimum atomic E-state index is -3.52. The van der Waals surface area contributed by atoms with Gasteiger partial charge in [-0.05, 0) is 41.6 Å². The molecule has 0 radical (unpaired) electrons. The highest BCUT2D eigenvalue weighted by atomic mass is 35.5. The second-order valence-corrected chi connectivity index (χ2v) is 10.1. The minimum Gasteiger partial charge on any atom is -0.342 e. The van der Waals surface area contributed by atoms with Gasteiger partial charge in [-0.25, -0.2) is 9.37 Å². The van der Waals surface area contributed by atoms with Crippen LogP contribution in [0.1, 0.15) is 22.3 Å². The summed E-state index contributed by atoms with van der Waals surface area (Å²) in [5, 5.41) is 16.7. The monoisotopic (exact) mass is 544 g/mol. The highest BCUT2D eigenvalue weighted by molar-refractivity contribution is 7.10. The summed E-state index contributed by atoms with van der Waals surface area (Å²) >= 11 is 6.83. The number of aromatic nitrogens is 7. The maximum Gasteiger partial charge on any atom is 0.342 e. The smallest absolute Gasteiger partial charge is 0.342 e. The van der Waals surface area contributed by atoms with E-state index in [4.69, 9.17) is 11.6 Å². The molecule has 8 nitrogen and oxygen atoms in total. The first-order valence-electron chi connectivity index (χ1n) is 11.3. The largest absolute Gasteiger partial charge is 0.342 e. The predicted octanol–water partition coefficient (Wildman–Crippen LogP) is 5.97. The summed E-state index contributed by atoms with van der Waals surface area (Å²) in [6.07, 6.45) is 5.31. The van der Waals surface area contributed by atoms with E-state index in [1.165, 1.54) is 16.0 Å². The molecule has 0 saturated heterocycles. The van der Waals surface area contributed by atoms with Crippen LogP contribution in [0.25, 0.3) is 22.6 Å². The Balaban J connectivity index is 1.42. The molecule has 5 aromatic rings. The Bertz CT molecular complexity index is 1620. The van der Waals surface area contributed by atoms with E-state index in [0.717, 1.165) is 33.8 Å². The Morgan fingerprint density at radius 3 is 2.78 bits per heavy atom. The maximum absolute atomic E-state index is 15.5.